The summed E-state index contributed by atoms with van der Waals surface area (Å²) in [7, 11) is 0. The molecule has 2 fully saturated rings. The lowest BCUT2D eigenvalue weighted by atomic mass is 9.70. The maximum atomic E-state index is 13.4. The number of rotatable bonds is 7. The Morgan fingerprint density at radius 1 is 1.15 bits per heavy atom. The predicted molar refractivity (Wildman–Crippen MR) is 146 cm³/mol. The van der Waals surface area contributed by atoms with Gasteiger partial charge in [-0.3, -0.25) is 9.58 Å². The average Bonchev–Trinajstić information content (AvgIpc) is 3.59. The van der Waals surface area contributed by atoms with Crippen molar-refractivity contribution in [2.45, 2.75) is 82.3 Å². The largest absolute Gasteiger partial charge is 0.474 e. The number of hydrogen-bond donors (Lipinski definition) is 2. The van der Waals surface area contributed by atoms with E-state index in [9.17, 15) is 18.3 Å². The topological polar surface area (TPSA) is 105 Å². The molecule has 0 unspecified atom stereocenters. The first-order valence-corrected chi connectivity index (χ1v) is 14.0. The normalized spacial score (nSPS) is 22.7. The number of nitrogens with one attached hydrogen (secondary N) is 1. The van der Waals surface area contributed by atoms with Crippen LogP contribution in [-0.2, 0) is 17.3 Å². The number of H-pyrrole nitrogens is 1. The smallest absolute Gasteiger partial charge is 0.433 e. The Hall–Kier alpha value is -3.51. The first kappa shape index (κ1) is 27.6. The first-order valence-electron chi connectivity index (χ1n) is 14.0. The van der Waals surface area contributed by atoms with Gasteiger partial charge < -0.3 is 14.8 Å². The van der Waals surface area contributed by atoms with E-state index in [2.05, 4.69) is 42.6 Å². The van der Waals surface area contributed by atoms with E-state index < -0.39 is 17.5 Å². The van der Waals surface area contributed by atoms with Gasteiger partial charge >= 0.3 is 6.18 Å². The fraction of sp³-hybridized carbons (Fsp3) is 0.517. The number of halogens is 3. The van der Waals surface area contributed by atoms with Gasteiger partial charge in [-0.1, -0.05) is 6.92 Å². The summed E-state index contributed by atoms with van der Waals surface area (Å²) in [5.74, 6) is -0.0980. The van der Waals surface area contributed by atoms with Crippen molar-refractivity contribution in [1.29, 1.82) is 0 Å². The zero-order chi connectivity index (χ0) is 29.0. The Morgan fingerprint density at radius 2 is 1.90 bits per heavy atom. The number of ether oxygens (including phenoxy) is 1. The zero-order valence-corrected chi connectivity index (χ0v) is 23.3. The average molecular weight is 570 g/mol. The predicted octanol–water partition coefficient (Wildman–Crippen LogP) is 5.27. The number of alkyl halides is 3. The monoisotopic (exact) mass is 569 g/mol. The van der Waals surface area contributed by atoms with Crippen molar-refractivity contribution in [1.82, 2.24) is 34.6 Å². The molecular formula is C29H34F3N7O2. The van der Waals surface area contributed by atoms with Gasteiger partial charge in [-0.2, -0.15) is 18.3 Å². The molecule has 1 saturated heterocycles. The Labute approximate surface area is 235 Å². The minimum atomic E-state index is -4.63. The molecule has 5 heterocycles. The van der Waals surface area contributed by atoms with Gasteiger partial charge in [-0.05, 0) is 63.6 Å². The van der Waals surface area contributed by atoms with Crippen LogP contribution in [0, 0.1) is 0 Å². The maximum absolute atomic E-state index is 13.4. The molecule has 0 bridgehead atoms. The van der Waals surface area contributed by atoms with Gasteiger partial charge in [0.15, 0.2) is 0 Å². The van der Waals surface area contributed by atoms with Gasteiger partial charge in [-0.25, -0.2) is 15.0 Å². The highest BCUT2D eigenvalue weighted by Gasteiger charge is 2.48. The molecule has 1 aliphatic heterocycles. The van der Waals surface area contributed by atoms with Crippen LogP contribution in [0.1, 0.15) is 64.1 Å². The summed E-state index contributed by atoms with van der Waals surface area (Å²) < 4.78 is 48.3. The van der Waals surface area contributed by atoms with E-state index in [4.69, 9.17) is 9.84 Å². The van der Waals surface area contributed by atoms with Gasteiger partial charge in [0.2, 0.25) is 5.88 Å². The highest BCUT2D eigenvalue weighted by molar-refractivity contribution is 5.89. The van der Waals surface area contributed by atoms with Crippen LogP contribution in [0.3, 0.4) is 0 Å². The summed E-state index contributed by atoms with van der Waals surface area (Å²) in [5.41, 5.74) is 0.171. The second-order valence-electron chi connectivity index (χ2n) is 11.8. The third-order valence-electron chi connectivity index (χ3n) is 8.66. The van der Waals surface area contributed by atoms with Crippen LogP contribution in [-0.4, -0.2) is 65.0 Å². The highest BCUT2D eigenvalue weighted by Crippen LogP contribution is 2.46. The summed E-state index contributed by atoms with van der Waals surface area (Å²) in [4.78, 5) is 18.1. The van der Waals surface area contributed by atoms with Crippen LogP contribution in [0.25, 0.3) is 22.3 Å². The molecular weight excluding hydrogens is 535 g/mol. The van der Waals surface area contributed by atoms with E-state index in [0.29, 0.717) is 18.9 Å². The van der Waals surface area contributed by atoms with Crippen molar-refractivity contribution >= 4 is 11.0 Å². The summed E-state index contributed by atoms with van der Waals surface area (Å²) >= 11 is 0. The Morgan fingerprint density at radius 3 is 2.59 bits per heavy atom. The summed E-state index contributed by atoms with van der Waals surface area (Å²) in [6.07, 6.45) is 6.79. The number of hydrogen-bond acceptors (Lipinski definition) is 7. The lowest BCUT2D eigenvalue weighted by molar-refractivity contribution is -0.141. The summed E-state index contributed by atoms with van der Waals surface area (Å²) in [6.45, 7) is 6.67. The summed E-state index contributed by atoms with van der Waals surface area (Å²) in [5, 5.41) is 16.0. The van der Waals surface area contributed by atoms with Crippen LogP contribution >= 0.6 is 0 Å². The zero-order valence-electron chi connectivity index (χ0n) is 23.3. The fourth-order valence-electron chi connectivity index (χ4n) is 6.11. The second-order valence-corrected chi connectivity index (χ2v) is 11.8. The minimum Gasteiger partial charge on any atom is -0.474 e. The number of piperidine rings is 1. The molecule has 0 radical (unpaired) electrons. The molecule has 0 spiro atoms. The maximum Gasteiger partial charge on any atom is 0.433 e. The van der Waals surface area contributed by atoms with E-state index >= 15 is 0 Å². The Bertz CT molecular complexity index is 1490. The molecule has 6 rings (SSSR count). The third-order valence-corrected chi connectivity index (χ3v) is 8.66. The third kappa shape index (κ3) is 5.30. The van der Waals surface area contributed by atoms with Crippen molar-refractivity contribution in [3.63, 3.8) is 0 Å². The van der Waals surface area contributed by atoms with E-state index in [1.54, 1.807) is 6.33 Å². The molecule has 0 amide bonds. The van der Waals surface area contributed by atoms with Crippen LogP contribution in [0.5, 0.6) is 5.88 Å². The standard InChI is InChI=1S/C29H34F3N7O2/c1-4-28(39-16-18(15-36-39)25-22-5-8-33-26(22)35-17-34-25)13-20(14-28)38-9-6-21(7-10-38)41-24-12-19(27(2,3)40)11-23(37-24)29(30,31)32/h5,8,11-12,15-17,20-21,40H,4,6-7,9-10,13-14H2,1-3H3,(H,33,34,35)/t20-,28+. The number of pyridine rings is 1. The molecule has 4 aromatic rings. The number of fused-ring (bicyclic) bond motifs is 1. The minimum absolute atomic E-state index is 0.0595. The van der Waals surface area contributed by atoms with Crippen molar-refractivity contribution in [2.75, 3.05) is 13.1 Å². The van der Waals surface area contributed by atoms with Crippen molar-refractivity contribution in [3.8, 4) is 17.1 Å². The molecule has 2 aliphatic rings. The second kappa shape index (κ2) is 10.1. The van der Waals surface area contributed by atoms with E-state index in [0.717, 1.165) is 60.7 Å². The van der Waals surface area contributed by atoms with E-state index in [-0.39, 0.29) is 23.1 Å². The molecule has 2 N–H and O–H groups in total. The number of nitrogens with zero attached hydrogens (tertiary/aromatic N) is 6. The highest BCUT2D eigenvalue weighted by atomic mass is 19.4. The number of aromatic amines is 1. The molecule has 9 nitrogen and oxygen atoms in total. The quantitative estimate of drug-likeness (QED) is 0.312. The summed E-state index contributed by atoms with van der Waals surface area (Å²) in [6, 6.07) is 4.67. The Balaban J connectivity index is 1.08. The van der Waals surface area contributed by atoms with Gasteiger partial charge in [0.05, 0.1) is 23.0 Å². The van der Waals surface area contributed by atoms with Gasteiger partial charge in [0.1, 0.15) is 23.8 Å². The van der Waals surface area contributed by atoms with Gasteiger partial charge in [-0.15, -0.1) is 0 Å². The molecule has 1 saturated carbocycles. The van der Waals surface area contributed by atoms with Crippen molar-refractivity contribution in [3.05, 3.63) is 54.4 Å². The van der Waals surface area contributed by atoms with E-state index in [1.165, 1.54) is 19.9 Å². The molecule has 41 heavy (non-hydrogen) atoms. The lowest BCUT2D eigenvalue weighted by Crippen LogP contribution is -2.58. The van der Waals surface area contributed by atoms with Gasteiger partial charge in [0.25, 0.3) is 0 Å². The molecule has 0 atom stereocenters. The molecule has 4 aromatic heterocycles. The van der Waals surface area contributed by atoms with Crippen LogP contribution in [0.2, 0.25) is 0 Å². The fourth-order valence-corrected chi connectivity index (χ4v) is 6.11. The number of aromatic nitrogens is 6. The van der Waals surface area contributed by atoms with E-state index in [1.807, 2.05) is 18.5 Å². The molecule has 12 heteroatoms. The van der Waals surface area contributed by atoms with Crippen LogP contribution < -0.4 is 4.74 Å². The lowest BCUT2D eigenvalue weighted by Gasteiger charge is -2.53. The van der Waals surface area contributed by atoms with Gasteiger partial charge in [0, 0.05) is 48.5 Å². The SMILES string of the molecule is CC[C@]1(n2cc(-c3ncnc4[nH]ccc34)cn2)C[C@@H](N2CCC(Oc3cc(C(C)(C)O)cc(C(F)(F)F)n3)CC2)C1. The van der Waals surface area contributed by atoms with Crippen LogP contribution in [0.15, 0.2) is 43.1 Å². The number of aliphatic hydroxyl groups is 1. The first-order chi connectivity index (χ1) is 19.4. The molecule has 218 valence electrons. The van der Waals surface area contributed by atoms with Crippen LogP contribution in [0.4, 0.5) is 13.2 Å². The Kier molecular flexibility index (Phi) is 6.80. The van der Waals surface area contributed by atoms with Crippen molar-refractivity contribution in [2.24, 2.45) is 0 Å². The van der Waals surface area contributed by atoms with Crippen molar-refractivity contribution < 1.29 is 23.0 Å². The molecule has 1 aliphatic carbocycles. The molecule has 0 aromatic carbocycles. The number of likely N-dealkylation sites (tertiary alicyclic amines) is 1.